The predicted octanol–water partition coefficient (Wildman–Crippen LogP) is 2.11. The van der Waals surface area contributed by atoms with Gasteiger partial charge in [-0.15, -0.1) is 11.3 Å². The number of hydrogen-bond acceptors (Lipinski definition) is 4. The fourth-order valence-corrected chi connectivity index (χ4v) is 2.15. The molecular weight excluding hydrogens is 208 g/mol. The van der Waals surface area contributed by atoms with Gasteiger partial charge in [0.1, 0.15) is 6.29 Å². The molecule has 0 saturated carbocycles. The van der Waals surface area contributed by atoms with Gasteiger partial charge in [0.2, 0.25) is 0 Å². The third-order valence-corrected chi connectivity index (χ3v) is 2.92. The molecule has 1 heterocycles. The maximum Gasteiger partial charge on any atom is 0.126 e. The van der Waals surface area contributed by atoms with Gasteiger partial charge < -0.3 is 4.79 Å². The molecule has 15 heavy (non-hydrogen) atoms. The van der Waals surface area contributed by atoms with Gasteiger partial charge in [-0.25, -0.2) is 4.98 Å². The lowest BCUT2D eigenvalue weighted by molar-refractivity contribution is -0.115. The van der Waals surface area contributed by atoms with Crippen LogP contribution in [0.2, 0.25) is 0 Å². The number of carbonyl (C=O) groups is 1. The summed E-state index contributed by atoms with van der Waals surface area (Å²) >= 11 is 1.66. The molecule has 0 fully saturated rings. The highest BCUT2D eigenvalue weighted by molar-refractivity contribution is 7.09. The standard InChI is InChI=1S/C11H18N2OS/c1-9-12-10(6-15-9)5-13(4)7-11(2,3)8-14/h6,8H,5,7H2,1-4H3. The van der Waals surface area contributed by atoms with Crippen LogP contribution in [-0.4, -0.2) is 29.8 Å². The van der Waals surface area contributed by atoms with E-state index in [9.17, 15) is 4.79 Å². The van der Waals surface area contributed by atoms with Gasteiger partial charge in [0.15, 0.2) is 0 Å². The summed E-state index contributed by atoms with van der Waals surface area (Å²) in [5, 5.41) is 3.16. The Hall–Kier alpha value is -0.740. The molecule has 84 valence electrons. The summed E-state index contributed by atoms with van der Waals surface area (Å²) in [6, 6.07) is 0. The van der Waals surface area contributed by atoms with Gasteiger partial charge in [-0.3, -0.25) is 4.90 Å². The van der Waals surface area contributed by atoms with E-state index in [-0.39, 0.29) is 5.41 Å². The van der Waals surface area contributed by atoms with Crippen molar-refractivity contribution in [2.45, 2.75) is 27.3 Å². The van der Waals surface area contributed by atoms with Crippen molar-refractivity contribution in [2.75, 3.05) is 13.6 Å². The third kappa shape index (κ3) is 4.10. The number of hydrogen-bond donors (Lipinski definition) is 0. The van der Waals surface area contributed by atoms with Gasteiger partial charge in [-0.05, 0) is 14.0 Å². The Kier molecular flexibility index (Phi) is 3.99. The molecule has 0 saturated heterocycles. The Labute approximate surface area is 95.1 Å². The van der Waals surface area contributed by atoms with Crippen LogP contribution >= 0.6 is 11.3 Å². The molecule has 0 aliphatic carbocycles. The minimum Gasteiger partial charge on any atom is -0.303 e. The van der Waals surface area contributed by atoms with Crippen molar-refractivity contribution >= 4 is 17.6 Å². The quantitative estimate of drug-likeness (QED) is 0.721. The van der Waals surface area contributed by atoms with Gasteiger partial charge in [0, 0.05) is 23.9 Å². The van der Waals surface area contributed by atoms with Gasteiger partial charge >= 0.3 is 0 Å². The van der Waals surface area contributed by atoms with Crippen LogP contribution in [0.3, 0.4) is 0 Å². The van der Waals surface area contributed by atoms with E-state index in [0.717, 1.165) is 30.1 Å². The summed E-state index contributed by atoms with van der Waals surface area (Å²) in [6.07, 6.45) is 1.01. The SMILES string of the molecule is Cc1nc(CN(C)CC(C)(C)C=O)cs1. The molecule has 0 bridgehead atoms. The molecule has 0 atom stereocenters. The molecular formula is C11H18N2OS. The average molecular weight is 226 g/mol. The normalized spacial score (nSPS) is 12.1. The Morgan fingerprint density at radius 3 is 2.73 bits per heavy atom. The van der Waals surface area contributed by atoms with Crippen LogP contribution < -0.4 is 0 Å². The maximum atomic E-state index is 10.8. The van der Waals surface area contributed by atoms with E-state index in [1.807, 2.05) is 27.8 Å². The molecule has 1 aromatic rings. The molecule has 4 heteroatoms. The lowest BCUT2D eigenvalue weighted by Gasteiger charge is -2.24. The number of carbonyl (C=O) groups excluding carboxylic acids is 1. The first-order valence-corrected chi connectivity index (χ1v) is 5.87. The highest BCUT2D eigenvalue weighted by Crippen LogP contribution is 2.15. The molecule has 0 unspecified atom stereocenters. The Bertz CT molecular complexity index is 333. The van der Waals surface area contributed by atoms with E-state index in [4.69, 9.17) is 0 Å². The fourth-order valence-electron chi connectivity index (χ4n) is 1.55. The van der Waals surface area contributed by atoms with Gasteiger partial charge in [-0.2, -0.15) is 0 Å². The molecule has 0 aliphatic rings. The molecule has 0 aliphatic heterocycles. The molecule has 0 spiro atoms. The van der Waals surface area contributed by atoms with Crippen molar-refractivity contribution < 1.29 is 4.79 Å². The first kappa shape index (κ1) is 12.3. The van der Waals surface area contributed by atoms with Crippen molar-refractivity contribution in [3.05, 3.63) is 16.1 Å². The summed E-state index contributed by atoms with van der Waals surface area (Å²) in [7, 11) is 2.01. The second kappa shape index (κ2) is 4.86. The average Bonchev–Trinajstić information content (AvgIpc) is 2.50. The second-order valence-corrected chi connectivity index (χ2v) is 5.70. The van der Waals surface area contributed by atoms with Crippen LogP contribution in [0.4, 0.5) is 0 Å². The largest absolute Gasteiger partial charge is 0.303 e. The zero-order chi connectivity index (χ0) is 11.5. The van der Waals surface area contributed by atoms with Crippen LogP contribution in [0, 0.1) is 12.3 Å². The molecule has 0 amide bonds. The molecule has 1 aromatic heterocycles. The van der Waals surface area contributed by atoms with Crippen molar-refractivity contribution in [3.8, 4) is 0 Å². The lowest BCUT2D eigenvalue weighted by Crippen LogP contribution is -2.32. The third-order valence-electron chi connectivity index (χ3n) is 2.09. The summed E-state index contributed by atoms with van der Waals surface area (Å²) in [5.74, 6) is 0. The van der Waals surface area contributed by atoms with Gasteiger partial charge in [0.05, 0.1) is 10.7 Å². The summed E-state index contributed by atoms with van der Waals surface area (Å²) in [4.78, 5) is 17.3. The maximum absolute atomic E-state index is 10.8. The van der Waals surface area contributed by atoms with E-state index in [1.165, 1.54) is 0 Å². The Balaban J connectivity index is 2.49. The highest BCUT2D eigenvalue weighted by Gasteiger charge is 2.19. The van der Waals surface area contributed by atoms with Crippen molar-refractivity contribution in [1.29, 1.82) is 0 Å². The first-order valence-electron chi connectivity index (χ1n) is 4.99. The van der Waals surface area contributed by atoms with Crippen molar-refractivity contribution in [3.63, 3.8) is 0 Å². The van der Waals surface area contributed by atoms with Crippen molar-refractivity contribution in [1.82, 2.24) is 9.88 Å². The fraction of sp³-hybridized carbons (Fsp3) is 0.636. The van der Waals surface area contributed by atoms with E-state index >= 15 is 0 Å². The molecule has 0 aromatic carbocycles. The molecule has 3 nitrogen and oxygen atoms in total. The summed E-state index contributed by atoms with van der Waals surface area (Å²) in [5.41, 5.74) is 0.807. The van der Waals surface area contributed by atoms with Gasteiger partial charge in [-0.1, -0.05) is 13.8 Å². The zero-order valence-corrected chi connectivity index (χ0v) is 10.6. The number of thiazole rings is 1. The molecule has 0 N–H and O–H groups in total. The van der Waals surface area contributed by atoms with E-state index in [2.05, 4.69) is 15.3 Å². The minimum atomic E-state index is -0.278. The van der Waals surface area contributed by atoms with E-state index in [0.29, 0.717) is 0 Å². The van der Waals surface area contributed by atoms with Crippen LogP contribution in [0.1, 0.15) is 24.5 Å². The molecule has 0 radical (unpaired) electrons. The predicted molar refractivity (Wildman–Crippen MR) is 63.0 cm³/mol. The zero-order valence-electron chi connectivity index (χ0n) is 9.78. The highest BCUT2D eigenvalue weighted by atomic mass is 32.1. The minimum absolute atomic E-state index is 0.278. The lowest BCUT2D eigenvalue weighted by atomic mass is 9.95. The van der Waals surface area contributed by atoms with Crippen LogP contribution in [-0.2, 0) is 11.3 Å². The van der Waals surface area contributed by atoms with Crippen LogP contribution in [0.5, 0.6) is 0 Å². The van der Waals surface area contributed by atoms with Crippen molar-refractivity contribution in [2.24, 2.45) is 5.41 Å². The Morgan fingerprint density at radius 2 is 2.27 bits per heavy atom. The number of rotatable bonds is 5. The Morgan fingerprint density at radius 1 is 1.60 bits per heavy atom. The second-order valence-electron chi connectivity index (χ2n) is 4.64. The topological polar surface area (TPSA) is 33.2 Å². The number of aldehydes is 1. The van der Waals surface area contributed by atoms with E-state index < -0.39 is 0 Å². The number of nitrogens with zero attached hydrogens (tertiary/aromatic N) is 2. The number of aromatic nitrogens is 1. The monoisotopic (exact) mass is 226 g/mol. The number of aryl methyl sites for hydroxylation is 1. The molecule has 1 rings (SSSR count). The smallest absolute Gasteiger partial charge is 0.126 e. The van der Waals surface area contributed by atoms with Crippen LogP contribution in [0.25, 0.3) is 0 Å². The summed E-state index contributed by atoms with van der Waals surface area (Å²) < 4.78 is 0. The summed E-state index contributed by atoms with van der Waals surface area (Å²) in [6.45, 7) is 7.46. The first-order chi connectivity index (χ1) is 6.93. The van der Waals surface area contributed by atoms with E-state index in [1.54, 1.807) is 11.3 Å². The van der Waals surface area contributed by atoms with Gasteiger partial charge in [0.25, 0.3) is 0 Å². The van der Waals surface area contributed by atoms with Crippen LogP contribution in [0.15, 0.2) is 5.38 Å².